The van der Waals surface area contributed by atoms with Gasteiger partial charge >= 0.3 is 0 Å². The Hall–Kier alpha value is -1.04. The highest BCUT2D eigenvalue weighted by Gasteiger charge is 2.49. The predicted octanol–water partition coefficient (Wildman–Crippen LogP) is 3.05. The number of nitrogens with zero attached hydrogens (tertiary/aromatic N) is 2. The van der Waals surface area contributed by atoms with Gasteiger partial charge in [-0.05, 0) is 56.8 Å². The average Bonchev–Trinajstić information content (AvgIpc) is 3.30. The van der Waals surface area contributed by atoms with Crippen molar-refractivity contribution in [3.8, 4) is 0 Å². The molecule has 4 rings (SSSR count). The number of fused-ring (bicyclic) bond motifs is 2. The molecule has 2 bridgehead atoms. The van der Waals surface area contributed by atoms with E-state index in [0.29, 0.717) is 12.0 Å². The van der Waals surface area contributed by atoms with Crippen LogP contribution in [0.25, 0.3) is 0 Å². The number of hydrogen-bond donors (Lipinski definition) is 1. The molecule has 0 spiro atoms. The zero-order valence-corrected chi connectivity index (χ0v) is 17.0. The topological polar surface area (TPSA) is 61.8 Å². The fraction of sp³-hybridized carbons (Fsp3) is 0.850. The molecule has 5 nitrogen and oxygen atoms in total. The van der Waals surface area contributed by atoms with Gasteiger partial charge in [-0.15, -0.1) is 0 Å². The Labute approximate surface area is 160 Å². The normalized spacial score (nSPS) is 37.5. The number of likely N-dealkylation sites (tertiary alicyclic amines) is 1. The quantitative estimate of drug-likeness (QED) is 0.821. The summed E-state index contributed by atoms with van der Waals surface area (Å²) in [6, 6.07) is 0.515. The SMILES string of the molecule is CC(C)C(=O)N1CCC(C2(C)SC(N[C@H]3C[C@@H]4CCC3C4)=NC2=O)CC1. The van der Waals surface area contributed by atoms with Crippen molar-refractivity contribution in [1.82, 2.24) is 10.2 Å². The highest BCUT2D eigenvalue weighted by molar-refractivity contribution is 8.16. The van der Waals surface area contributed by atoms with Gasteiger partial charge in [-0.1, -0.05) is 32.0 Å². The molecule has 2 unspecified atom stereocenters. The van der Waals surface area contributed by atoms with Crippen LogP contribution in [-0.2, 0) is 9.59 Å². The van der Waals surface area contributed by atoms with Crippen LogP contribution in [0.5, 0.6) is 0 Å². The third-order valence-electron chi connectivity index (χ3n) is 7.06. The van der Waals surface area contributed by atoms with Crippen molar-refractivity contribution < 1.29 is 9.59 Å². The lowest BCUT2D eigenvalue weighted by Gasteiger charge is -2.39. The van der Waals surface area contributed by atoms with E-state index >= 15 is 0 Å². The third-order valence-corrected chi connectivity index (χ3v) is 8.40. The Kier molecular flexibility index (Phi) is 4.82. The fourth-order valence-corrected chi connectivity index (χ4v) is 6.66. The maximum atomic E-state index is 12.7. The number of carbonyl (C=O) groups excluding carboxylic acids is 2. The van der Waals surface area contributed by atoms with Crippen LogP contribution in [-0.4, -0.2) is 45.8 Å². The number of aliphatic imine (C=N–C) groups is 1. The van der Waals surface area contributed by atoms with Crippen molar-refractivity contribution in [3.63, 3.8) is 0 Å². The minimum Gasteiger partial charge on any atom is -0.361 e. The molecule has 4 atom stereocenters. The van der Waals surface area contributed by atoms with Crippen molar-refractivity contribution in [3.05, 3.63) is 0 Å². The van der Waals surface area contributed by atoms with Crippen LogP contribution in [0.3, 0.4) is 0 Å². The molecular formula is C20H31N3O2S. The van der Waals surface area contributed by atoms with Crippen molar-refractivity contribution in [1.29, 1.82) is 0 Å². The number of hydrogen-bond acceptors (Lipinski definition) is 4. The van der Waals surface area contributed by atoms with Gasteiger partial charge in [0.05, 0.1) is 0 Å². The highest BCUT2D eigenvalue weighted by Crippen LogP contribution is 2.47. The molecule has 6 heteroatoms. The van der Waals surface area contributed by atoms with Gasteiger partial charge in [0.25, 0.3) is 5.91 Å². The molecular weight excluding hydrogens is 346 g/mol. The summed E-state index contributed by atoms with van der Waals surface area (Å²) in [5, 5.41) is 4.45. The number of amidine groups is 1. The molecule has 2 aliphatic heterocycles. The van der Waals surface area contributed by atoms with Crippen molar-refractivity contribution in [2.24, 2.45) is 28.7 Å². The van der Waals surface area contributed by atoms with Crippen LogP contribution in [0.2, 0.25) is 0 Å². The van der Waals surface area contributed by atoms with E-state index in [1.165, 1.54) is 25.7 Å². The van der Waals surface area contributed by atoms with Gasteiger partial charge in [-0.25, -0.2) is 0 Å². The van der Waals surface area contributed by atoms with E-state index < -0.39 is 4.75 Å². The molecule has 0 aromatic carbocycles. The molecule has 4 aliphatic rings. The summed E-state index contributed by atoms with van der Waals surface area (Å²) < 4.78 is -0.465. The molecule has 144 valence electrons. The minimum absolute atomic E-state index is 0.0155. The molecule has 1 saturated heterocycles. The monoisotopic (exact) mass is 377 g/mol. The molecule has 2 heterocycles. The second kappa shape index (κ2) is 6.84. The lowest BCUT2D eigenvalue weighted by molar-refractivity contribution is -0.136. The summed E-state index contributed by atoms with van der Waals surface area (Å²) in [5.74, 6) is 2.24. The van der Waals surface area contributed by atoms with Crippen molar-refractivity contribution in [2.75, 3.05) is 13.1 Å². The van der Waals surface area contributed by atoms with Crippen LogP contribution in [0.4, 0.5) is 0 Å². The zero-order chi connectivity index (χ0) is 18.5. The smallest absolute Gasteiger partial charge is 0.264 e. The molecule has 2 saturated carbocycles. The van der Waals surface area contributed by atoms with E-state index in [4.69, 9.17) is 0 Å². The zero-order valence-electron chi connectivity index (χ0n) is 16.2. The number of rotatable bonds is 3. The first-order valence-electron chi connectivity index (χ1n) is 10.2. The van der Waals surface area contributed by atoms with E-state index in [1.807, 2.05) is 18.7 Å². The van der Waals surface area contributed by atoms with Crippen molar-refractivity contribution in [2.45, 2.75) is 70.1 Å². The van der Waals surface area contributed by atoms with E-state index in [9.17, 15) is 9.59 Å². The summed E-state index contributed by atoms with van der Waals surface area (Å²) >= 11 is 1.64. The van der Waals surface area contributed by atoms with Gasteiger partial charge in [-0.3, -0.25) is 9.59 Å². The van der Waals surface area contributed by atoms with Crippen LogP contribution in [0, 0.1) is 23.7 Å². The number of nitrogens with one attached hydrogen (secondary N) is 1. The third kappa shape index (κ3) is 3.19. The summed E-state index contributed by atoms with van der Waals surface area (Å²) in [7, 11) is 0. The summed E-state index contributed by atoms with van der Waals surface area (Å²) in [6.45, 7) is 7.49. The molecule has 2 aliphatic carbocycles. The Balaban J connectivity index is 1.34. The van der Waals surface area contributed by atoms with Gasteiger partial charge in [0.1, 0.15) is 4.75 Å². The second-order valence-corrected chi connectivity index (χ2v) is 10.6. The van der Waals surface area contributed by atoms with Crippen LogP contribution in [0.1, 0.15) is 59.3 Å². The van der Waals surface area contributed by atoms with Crippen molar-refractivity contribution >= 4 is 28.7 Å². The molecule has 0 aromatic heterocycles. The van der Waals surface area contributed by atoms with Gasteiger partial charge in [0, 0.05) is 25.0 Å². The van der Waals surface area contributed by atoms with Crippen LogP contribution < -0.4 is 5.32 Å². The Morgan fingerprint density at radius 1 is 1.23 bits per heavy atom. The van der Waals surface area contributed by atoms with Crippen LogP contribution in [0.15, 0.2) is 4.99 Å². The first kappa shape index (κ1) is 18.3. The molecule has 3 fully saturated rings. The van der Waals surface area contributed by atoms with Gasteiger partial charge in [0.2, 0.25) is 5.91 Å². The first-order chi connectivity index (χ1) is 12.4. The van der Waals surface area contributed by atoms with E-state index in [2.05, 4.69) is 17.2 Å². The van der Waals surface area contributed by atoms with Crippen LogP contribution >= 0.6 is 11.8 Å². The largest absolute Gasteiger partial charge is 0.361 e. The molecule has 2 amide bonds. The Bertz CT molecular complexity index is 627. The van der Waals surface area contributed by atoms with Gasteiger partial charge in [0.15, 0.2) is 5.17 Å². The Morgan fingerprint density at radius 3 is 2.54 bits per heavy atom. The van der Waals surface area contributed by atoms with E-state index in [0.717, 1.165) is 42.9 Å². The number of thioether (sulfide) groups is 1. The number of carbonyl (C=O) groups is 2. The number of amides is 2. The summed E-state index contributed by atoms with van der Waals surface area (Å²) in [6.07, 6.45) is 7.09. The Morgan fingerprint density at radius 2 is 1.96 bits per heavy atom. The lowest BCUT2D eigenvalue weighted by Crippen LogP contribution is -2.47. The summed E-state index contributed by atoms with van der Waals surface area (Å²) in [5.41, 5.74) is 0. The van der Waals surface area contributed by atoms with E-state index in [1.54, 1.807) is 11.8 Å². The minimum atomic E-state index is -0.465. The maximum absolute atomic E-state index is 12.7. The molecule has 0 aromatic rings. The highest BCUT2D eigenvalue weighted by atomic mass is 32.2. The average molecular weight is 378 g/mol. The number of piperidine rings is 1. The maximum Gasteiger partial charge on any atom is 0.264 e. The predicted molar refractivity (Wildman–Crippen MR) is 105 cm³/mol. The fourth-order valence-electron chi connectivity index (χ4n) is 5.39. The van der Waals surface area contributed by atoms with Gasteiger partial charge in [-0.2, -0.15) is 4.99 Å². The molecule has 1 N–H and O–H groups in total. The second-order valence-electron chi connectivity index (χ2n) is 9.11. The summed E-state index contributed by atoms with van der Waals surface area (Å²) in [4.78, 5) is 31.3. The molecule has 26 heavy (non-hydrogen) atoms. The van der Waals surface area contributed by atoms with E-state index in [-0.39, 0.29) is 17.7 Å². The first-order valence-corrected chi connectivity index (χ1v) is 11.1. The van der Waals surface area contributed by atoms with Gasteiger partial charge < -0.3 is 10.2 Å². The lowest BCUT2D eigenvalue weighted by atomic mass is 9.84. The molecule has 0 radical (unpaired) electrons. The standard InChI is InChI=1S/C20H31N3O2S/c1-12(2)17(24)23-8-6-15(7-9-23)20(3)18(25)22-19(26-20)21-16-11-13-4-5-14(16)10-13/h12-16H,4-11H2,1-3H3,(H,21,22,25)/t13-,14?,16+,20?/m1/s1.